The van der Waals surface area contributed by atoms with Crippen LogP contribution in [0, 0.1) is 17.7 Å². The van der Waals surface area contributed by atoms with E-state index in [4.69, 9.17) is 38.8 Å². The first-order valence-electron chi connectivity index (χ1n) is 6.39. The van der Waals surface area contributed by atoms with Gasteiger partial charge in [-0.15, -0.1) is 0 Å². The lowest BCUT2D eigenvalue weighted by Gasteiger charge is -2.13. The second-order valence-electron chi connectivity index (χ2n) is 4.91. The summed E-state index contributed by atoms with van der Waals surface area (Å²) in [6.07, 6.45) is 5.16. The van der Waals surface area contributed by atoms with Crippen LogP contribution >= 0.6 is 23.2 Å². The number of nitrogens with one attached hydrogen (secondary N) is 2. The van der Waals surface area contributed by atoms with Crippen LogP contribution in [-0.2, 0) is 0 Å². The van der Waals surface area contributed by atoms with E-state index in [0.29, 0.717) is 5.92 Å². The van der Waals surface area contributed by atoms with Crippen LogP contribution in [0.15, 0.2) is 24.3 Å². The van der Waals surface area contributed by atoms with E-state index in [1.807, 2.05) is 19.1 Å². The van der Waals surface area contributed by atoms with Gasteiger partial charge in [-0.25, -0.2) is 0 Å². The predicted molar refractivity (Wildman–Crippen MR) is 84.1 cm³/mol. The molecule has 0 unspecified atom stereocenters. The highest BCUT2D eigenvalue weighted by Gasteiger charge is 2.27. The standard InChI is InChI=1S/C15H16Cl2N2O/c1-9-6-14(12(7-13(9)16)10-2-3-10)20-8-11(18)4-5-15(17)19/h4-7,10,18-19H,2-3,8H2,1H3/b5-4-,18-11?,19-15?. The zero-order valence-corrected chi connectivity index (χ0v) is 12.7. The third-order valence-corrected chi connectivity index (χ3v) is 3.66. The van der Waals surface area contributed by atoms with Gasteiger partial charge in [0.2, 0.25) is 0 Å². The maximum absolute atomic E-state index is 7.73. The van der Waals surface area contributed by atoms with Gasteiger partial charge in [-0.3, -0.25) is 5.41 Å². The number of rotatable bonds is 6. The maximum Gasteiger partial charge on any atom is 0.129 e. The quantitative estimate of drug-likeness (QED) is 0.735. The molecule has 0 heterocycles. The first-order valence-corrected chi connectivity index (χ1v) is 7.15. The van der Waals surface area contributed by atoms with E-state index in [-0.39, 0.29) is 17.5 Å². The molecular formula is C15H16Cl2N2O. The van der Waals surface area contributed by atoms with Gasteiger partial charge < -0.3 is 10.1 Å². The molecule has 1 aliphatic rings. The normalized spacial score (nSPS) is 14.6. The average Bonchev–Trinajstić information content (AvgIpc) is 3.21. The van der Waals surface area contributed by atoms with Crippen molar-refractivity contribution in [1.82, 2.24) is 0 Å². The molecule has 0 spiro atoms. The molecule has 1 fully saturated rings. The number of halogens is 2. The molecule has 3 nitrogen and oxygen atoms in total. The van der Waals surface area contributed by atoms with Crippen LogP contribution in [0.25, 0.3) is 0 Å². The van der Waals surface area contributed by atoms with E-state index >= 15 is 0 Å². The molecule has 0 saturated heterocycles. The number of hydrogen-bond acceptors (Lipinski definition) is 3. The van der Waals surface area contributed by atoms with Gasteiger partial charge in [0.15, 0.2) is 0 Å². The van der Waals surface area contributed by atoms with Gasteiger partial charge in [0.1, 0.15) is 17.5 Å². The lowest BCUT2D eigenvalue weighted by molar-refractivity contribution is 0.372. The third-order valence-electron chi connectivity index (χ3n) is 3.12. The van der Waals surface area contributed by atoms with Crippen molar-refractivity contribution in [2.24, 2.45) is 0 Å². The molecule has 106 valence electrons. The van der Waals surface area contributed by atoms with E-state index in [2.05, 4.69) is 0 Å². The van der Waals surface area contributed by atoms with Gasteiger partial charge in [0.25, 0.3) is 0 Å². The molecular weight excluding hydrogens is 295 g/mol. The highest BCUT2D eigenvalue weighted by atomic mass is 35.5. The Balaban J connectivity index is 2.07. The summed E-state index contributed by atoms with van der Waals surface area (Å²) in [4.78, 5) is 0. The van der Waals surface area contributed by atoms with Gasteiger partial charge in [0, 0.05) is 5.02 Å². The minimum absolute atomic E-state index is 0.101. The van der Waals surface area contributed by atoms with Gasteiger partial charge in [-0.2, -0.15) is 0 Å². The van der Waals surface area contributed by atoms with Crippen LogP contribution in [-0.4, -0.2) is 17.5 Å². The molecule has 5 heteroatoms. The summed E-state index contributed by atoms with van der Waals surface area (Å²) < 4.78 is 5.72. The van der Waals surface area contributed by atoms with Crippen molar-refractivity contribution in [3.05, 3.63) is 40.4 Å². The molecule has 0 atom stereocenters. The van der Waals surface area contributed by atoms with Crippen LogP contribution < -0.4 is 4.74 Å². The molecule has 20 heavy (non-hydrogen) atoms. The predicted octanol–water partition coefficient (Wildman–Crippen LogP) is 4.70. The Labute approximate surface area is 128 Å². The van der Waals surface area contributed by atoms with Crippen molar-refractivity contribution < 1.29 is 4.74 Å². The molecule has 0 bridgehead atoms. The first-order chi connectivity index (χ1) is 9.47. The number of allylic oxidation sites excluding steroid dienone is 1. The Morgan fingerprint density at radius 2 is 2.05 bits per heavy atom. The number of hydrogen-bond donors (Lipinski definition) is 2. The molecule has 1 saturated carbocycles. The van der Waals surface area contributed by atoms with Crippen molar-refractivity contribution in [2.75, 3.05) is 6.61 Å². The maximum atomic E-state index is 7.73. The minimum Gasteiger partial charge on any atom is -0.487 e. The molecule has 2 N–H and O–H groups in total. The summed E-state index contributed by atoms with van der Waals surface area (Å²) in [7, 11) is 0. The fraction of sp³-hybridized carbons (Fsp3) is 0.333. The zero-order valence-electron chi connectivity index (χ0n) is 11.2. The smallest absolute Gasteiger partial charge is 0.129 e. The van der Waals surface area contributed by atoms with Crippen LogP contribution in [0.2, 0.25) is 5.02 Å². The van der Waals surface area contributed by atoms with Crippen molar-refractivity contribution in [2.45, 2.75) is 25.7 Å². The van der Waals surface area contributed by atoms with Crippen LogP contribution in [0.4, 0.5) is 0 Å². The molecule has 1 aliphatic carbocycles. The molecule has 0 aromatic heterocycles. The van der Waals surface area contributed by atoms with Crippen LogP contribution in [0.1, 0.15) is 29.9 Å². The van der Waals surface area contributed by atoms with Gasteiger partial charge in [-0.05, 0) is 61.1 Å². The van der Waals surface area contributed by atoms with Crippen molar-refractivity contribution in [1.29, 1.82) is 10.8 Å². The Hall–Kier alpha value is -1.32. The second-order valence-corrected chi connectivity index (χ2v) is 5.72. The number of aryl methyl sites for hydroxylation is 1. The largest absolute Gasteiger partial charge is 0.487 e. The summed E-state index contributed by atoms with van der Waals surface area (Å²) in [5.41, 5.74) is 2.36. The topological polar surface area (TPSA) is 56.9 Å². The fourth-order valence-electron chi connectivity index (χ4n) is 1.89. The fourth-order valence-corrected chi connectivity index (χ4v) is 2.12. The molecule has 1 aromatic rings. The van der Waals surface area contributed by atoms with E-state index in [1.54, 1.807) is 0 Å². The molecule has 1 aromatic carbocycles. The van der Waals surface area contributed by atoms with E-state index in [1.165, 1.54) is 12.2 Å². The lowest BCUT2D eigenvalue weighted by Crippen LogP contribution is -2.09. The zero-order chi connectivity index (χ0) is 14.7. The summed E-state index contributed by atoms with van der Waals surface area (Å²) in [6, 6.07) is 3.90. The van der Waals surface area contributed by atoms with Gasteiger partial charge in [-0.1, -0.05) is 23.2 Å². The summed E-state index contributed by atoms with van der Waals surface area (Å²) in [6.45, 7) is 2.09. The molecule has 0 aliphatic heterocycles. The Bertz CT molecular complexity index is 577. The highest BCUT2D eigenvalue weighted by Crippen LogP contribution is 2.45. The number of ether oxygens (including phenoxy) is 1. The first kappa shape index (κ1) is 15.1. The van der Waals surface area contributed by atoms with E-state index < -0.39 is 0 Å². The summed E-state index contributed by atoms with van der Waals surface area (Å²) in [5.74, 6) is 1.33. The van der Waals surface area contributed by atoms with Crippen molar-refractivity contribution in [3.63, 3.8) is 0 Å². The highest BCUT2D eigenvalue weighted by molar-refractivity contribution is 6.67. The monoisotopic (exact) mass is 310 g/mol. The Kier molecular flexibility index (Phi) is 4.84. The molecule has 0 radical (unpaired) electrons. The average molecular weight is 311 g/mol. The van der Waals surface area contributed by atoms with Gasteiger partial charge in [0.05, 0.1) is 5.71 Å². The third kappa shape index (κ3) is 4.09. The molecule has 2 rings (SSSR count). The van der Waals surface area contributed by atoms with Crippen LogP contribution in [0.5, 0.6) is 5.75 Å². The van der Waals surface area contributed by atoms with E-state index in [0.717, 1.165) is 34.7 Å². The Morgan fingerprint density at radius 1 is 1.35 bits per heavy atom. The lowest BCUT2D eigenvalue weighted by atomic mass is 10.1. The SMILES string of the molecule is Cc1cc(OCC(=N)/C=C\C(=N)Cl)c(C2CC2)cc1Cl. The molecule has 0 amide bonds. The van der Waals surface area contributed by atoms with Crippen molar-refractivity contribution in [3.8, 4) is 5.75 Å². The van der Waals surface area contributed by atoms with E-state index in [9.17, 15) is 0 Å². The number of benzene rings is 1. The Morgan fingerprint density at radius 3 is 2.65 bits per heavy atom. The summed E-state index contributed by atoms with van der Waals surface area (Å²) in [5, 5.41) is 15.4. The second kappa shape index (κ2) is 6.42. The van der Waals surface area contributed by atoms with Crippen LogP contribution in [0.3, 0.4) is 0 Å². The van der Waals surface area contributed by atoms with Crippen molar-refractivity contribution >= 4 is 34.1 Å². The summed E-state index contributed by atoms with van der Waals surface area (Å²) >= 11 is 11.6. The minimum atomic E-state index is -0.101. The van der Waals surface area contributed by atoms with Gasteiger partial charge >= 0.3 is 0 Å².